The highest BCUT2D eigenvalue weighted by Crippen LogP contribution is 2.14. The van der Waals surface area contributed by atoms with Crippen molar-refractivity contribution in [2.45, 2.75) is 38.8 Å². The van der Waals surface area contributed by atoms with Gasteiger partial charge in [0.25, 0.3) is 0 Å². The van der Waals surface area contributed by atoms with Crippen LogP contribution in [-0.2, 0) is 11.3 Å². The molecule has 1 unspecified atom stereocenters. The lowest BCUT2D eigenvalue weighted by Crippen LogP contribution is -2.38. The number of nitrogens with one attached hydrogen (secondary N) is 2. The van der Waals surface area contributed by atoms with Crippen molar-refractivity contribution in [3.8, 4) is 5.75 Å². The molecule has 0 bridgehead atoms. The summed E-state index contributed by atoms with van der Waals surface area (Å²) in [6.45, 7) is 5.38. The van der Waals surface area contributed by atoms with Crippen LogP contribution in [0.25, 0.3) is 0 Å². The summed E-state index contributed by atoms with van der Waals surface area (Å²) in [5.41, 5.74) is 1.16. The zero-order chi connectivity index (χ0) is 15.6. The molecular formula is C17H28IN3O2. The Labute approximate surface area is 156 Å². The molecule has 130 valence electrons. The molecule has 23 heavy (non-hydrogen) atoms. The van der Waals surface area contributed by atoms with E-state index in [1.165, 1.54) is 12.8 Å². The van der Waals surface area contributed by atoms with Crippen LogP contribution in [0.15, 0.2) is 29.3 Å². The first-order valence-electron chi connectivity index (χ1n) is 8.08. The molecule has 5 nitrogen and oxygen atoms in total. The van der Waals surface area contributed by atoms with Gasteiger partial charge in [0.2, 0.25) is 0 Å². The van der Waals surface area contributed by atoms with Gasteiger partial charge in [-0.05, 0) is 43.9 Å². The lowest BCUT2D eigenvalue weighted by Gasteiger charge is -2.13. The van der Waals surface area contributed by atoms with Crippen molar-refractivity contribution < 1.29 is 9.47 Å². The van der Waals surface area contributed by atoms with Crippen LogP contribution in [0.3, 0.4) is 0 Å². The van der Waals surface area contributed by atoms with Gasteiger partial charge in [0, 0.05) is 19.7 Å². The van der Waals surface area contributed by atoms with Crippen LogP contribution in [0.2, 0.25) is 0 Å². The Kier molecular flexibility index (Phi) is 10.0. The van der Waals surface area contributed by atoms with E-state index in [4.69, 9.17) is 9.47 Å². The van der Waals surface area contributed by atoms with Gasteiger partial charge in [-0.1, -0.05) is 12.1 Å². The van der Waals surface area contributed by atoms with E-state index in [0.717, 1.165) is 43.4 Å². The summed E-state index contributed by atoms with van der Waals surface area (Å²) in [4.78, 5) is 4.62. The van der Waals surface area contributed by atoms with Gasteiger partial charge in [0.05, 0.1) is 19.8 Å². The van der Waals surface area contributed by atoms with Gasteiger partial charge in [-0.2, -0.15) is 0 Å². The fourth-order valence-corrected chi connectivity index (χ4v) is 2.47. The van der Waals surface area contributed by atoms with Crippen LogP contribution < -0.4 is 15.4 Å². The topological polar surface area (TPSA) is 54.9 Å². The molecule has 1 saturated heterocycles. The second-order valence-corrected chi connectivity index (χ2v) is 5.39. The second kappa shape index (κ2) is 11.5. The Bertz CT molecular complexity index is 459. The average Bonchev–Trinajstić information content (AvgIpc) is 3.06. The summed E-state index contributed by atoms with van der Waals surface area (Å²) in [6, 6.07) is 8.00. The SMILES string of the molecule is CCNC(=NCc1ccc(OC)cc1)NCCC1CCCO1.I. The summed E-state index contributed by atoms with van der Waals surface area (Å²) >= 11 is 0. The van der Waals surface area contributed by atoms with Crippen molar-refractivity contribution >= 4 is 29.9 Å². The first kappa shape index (κ1) is 20.0. The minimum absolute atomic E-state index is 0. The number of aliphatic imine (C=N–C) groups is 1. The number of ether oxygens (including phenoxy) is 2. The van der Waals surface area contributed by atoms with Crippen molar-refractivity contribution in [2.24, 2.45) is 4.99 Å². The number of methoxy groups -OCH3 is 1. The molecule has 0 aromatic heterocycles. The minimum Gasteiger partial charge on any atom is -0.497 e. The third-order valence-electron chi connectivity index (χ3n) is 3.71. The van der Waals surface area contributed by atoms with Crippen LogP contribution in [0.1, 0.15) is 31.7 Å². The Morgan fingerprint density at radius 1 is 1.30 bits per heavy atom. The maximum absolute atomic E-state index is 5.63. The first-order valence-corrected chi connectivity index (χ1v) is 8.08. The molecule has 2 N–H and O–H groups in total. The number of hydrogen-bond acceptors (Lipinski definition) is 3. The van der Waals surface area contributed by atoms with Gasteiger partial charge >= 0.3 is 0 Å². The van der Waals surface area contributed by atoms with Gasteiger partial charge in [0.1, 0.15) is 5.75 Å². The fourth-order valence-electron chi connectivity index (χ4n) is 2.47. The third-order valence-corrected chi connectivity index (χ3v) is 3.71. The summed E-state index contributed by atoms with van der Waals surface area (Å²) in [5.74, 6) is 1.73. The number of nitrogens with zero attached hydrogens (tertiary/aromatic N) is 1. The van der Waals surface area contributed by atoms with Gasteiger partial charge in [-0.3, -0.25) is 0 Å². The van der Waals surface area contributed by atoms with E-state index in [1.54, 1.807) is 7.11 Å². The molecule has 1 heterocycles. The van der Waals surface area contributed by atoms with Crippen LogP contribution in [0.5, 0.6) is 5.75 Å². The van der Waals surface area contributed by atoms with Crippen molar-refractivity contribution in [1.82, 2.24) is 10.6 Å². The van der Waals surface area contributed by atoms with Crippen LogP contribution in [-0.4, -0.2) is 38.9 Å². The van der Waals surface area contributed by atoms with Crippen molar-refractivity contribution in [2.75, 3.05) is 26.8 Å². The van der Waals surface area contributed by atoms with Crippen LogP contribution in [0, 0.1) is 0 Å². The molecule has 0 aliphatic carbocycles. The predicted octanol–water partition coefficient (Wildman–Crippen LogP) is 2.94. The van der Waals surface area contributed by atoms with Crippen molar-refractivity contribution in [3.05, 3.63) is 29.8 Å². The Balaban J connectivity index is 0.00000264. The van der Waals surface area contributed by atoms with Crippen LogP contribution >= 0.6 is 24.0 Å². The predicted molar refractivity (Wildman–Crippen MR) is 105 cm³/mol. The van der Waals surface area contributed by atoms with E-state index in [1.807, 2.05) is 24.3 Å². The summed E-state index contributed by atoms with van der Waals surface area (Å²) in [7, 11) is 1.68. The lowest BCUT2D eigenvalue weighted by atomic mass is 10.2. The Morgan fingerprint density at radius 3 is 2.70 bits per heavy atom. The molecule has 6 heteroatoms. The molecule has 1 aliphatic rings. The third kappa shape index (κ3) is 7.39. The summed E-state index contributed by atoms with van der Waals surface area (Å²) in [5, 5.41) is 6.65. The summed E-state index contributed by atoms with van der Waals surface area (Å²) < 4.78 is 10.8. The van der Waals surface area contributed by atoms with Gasteiger partial charge < -0.3 is 20.1 Å². The number of rotatable bonds is 7. The van der Waals surface area contributed by atoms with E-state index in [0.29, 0.717) is 12.6 Å². The maximum atomic E-state index is 5.63. The number of halogens is 1. The normalized spacial score (nSPS) is 17.5. The molecular weight excluding hydrogens is 405 g/mol. The van der Waals surface area contributed by atoms with E-state index in [2.05, 4.69) is 22.5 Å². The summed E-state index contributed by atoms with van der Waals surface area (Å²) in [6.07, 6.45) is 3.82. The Morgan fingerprint density at radius 2 is 2.09 bits per heavy atom. The molecule has 2 rings (SSSR count). The van der Waals surface area contributed by atoms with Gasteiger partial charge in [-0.25, -0.2) is 4.99 Å². The highest BCUT2D eigenvalue weighted by atomic mass is 127. The number of benzene rings is 1. The fraction of sp³-hybridized carbons (Fsp3) is 0.588. The van der Waals surface area contributed by atoms with Gasteiger partial charge in [0.15, 0.2) is 5.96 Å². The van der Waals surface area contributed by atoms with Crippen molar-refractivity contribution in [3.63, 3.8) is 0 Å². The monoisotopic (exact) mass is 433 g/mol. The van der Waals surface area contributed by atoms with Gasteiger partial charge in [-0.15, -0.1) is 24.0 Å². The standard InChI is InChI=1S/C17H27N3O2.HI/c1-3-18-17(19-11-10-16-5-4-12-22-16)20-13-14-6-8-15(21-2)9-7-14;/h6-9,16H,3-5,10-13H2,1-2H3,(H2,18,19,20);1H. The van der Waals surface area contributed by atoms with E-state index in [-0.39, 0.29) is 24.0 Å². The Hall–Kier alpha value is -1.02. The van der Waals surface area contributed by atoms with Crippen LogP contribution in [0.4, 0.5) is 0 Å². The highest BCUT2D eigenvalue weighted by Gasteiger charge is 2.14. The second-order valence-electron chi connectivity index (χ2n) is 5.39. The zero-order valence-corrected chi connectivity index (χ0v) is 16.3. The molecule has 0 radical (unpaired) electrons. The molecule has 0 spiro atoms. The highest BCUT2D eigenvalue weighted by molar-refractivity contribution is 14.0. The van der Waals surface area contributed by atoms with Crippen molar-refractivity contribution in [1.29, 1.82) is 0 Å². The molecule has 1 aromatic carbocycles. The molecule has 0 amide bonds. The number of hydrogen-bond donors (Lipinski definition) is 2. The first-order chi connectivity index (χ1) is 10.8. The minimum atomic E-state index is 0. The molecule has 1 aromatic rings. The molecule has 1 aliphatic heterocycles. The molecule has 1 fully saturated rings. The van der Waals surface area contributed by atoms with E-state index in [9.17, 15) is 0 Å². The van der Waals surface area contributed by atoms with E-state index >= 15 is 0 Å². The quantitative estimate of drug-likeness (QED) is 0.395. The largest absolute Gasteiger partial charge is 0.497 e. The number of guanidine groups is 1. The maximum Gasteiger partial charge on any atom is 0.191 e. The lowest BCUT2D eigenvalue weighted by molar-refractivity contribution is 0.105. The smallest absolute Gasteiger partial charge is 0.191 e. The zero-order valence-electron chi connectivity index (χ0n) is 14.0. The van der Waals surface area contributed by atoms with E-state index < -0.39 is 0 Å². The average molecular weight is 433 g/mol. The molecule has 1 atom stereocenters. The molecule has 0 saturated carbocycles.